The second kappa shape index (κ2) is 15.0. The van der Waals surface area contributed by atoms with Gasteiger partial charge in [0.1, 0.15) is 23.9 Å². The zero-order valence-electron chi connectivity index (χ0n) is 22.4. The van der Waals surface area contributed by atoms with E-state index in [4.69, 9.17) is 14.2 Å². The van der Waals surface area contributed by atoms with E-state index in [1.807, 2.05) is 0 Å². The third-order valence-electron chi connectivity index (χ3n) is 6.07. The maximum atomic E-state index is 13.2. The highest BCUT2D eigenvalue weighted by Crippen LogP contribution is 2.30. The predicted molar refractivity (Wildman–Crippen MR) is 142 cm³/mol. The Morgan fingerprint density at radius 2 is 1.49 bits per heavy atom. The highest BCUT2D eigenvalue weighted by Gasteiger charge is 2.30. The van der Waals surface area contributed by atoms with Crippen molar-refractivity contribution in [1.29, 1.82) is 0 Å². The van der Waals surface area contributed by atoms with Gasteiger partial charge in [0.25, 0.3) is 0 Å². The molecule has 0 aliphatic heterocycles. The molecule has 1 N–H and O–H groups in total. The number of aryl methyl sites for hydroxylation is 1. The summed E-state index contributed by atoms with van der Waals surface area (Å²) in [6.45, 7) is 2.47. The van der Waals surface area contributed by atoms with Crippen LogP contribution >= 0.6 is 0 Å². The van der Waals surface area contributed by atoms with Gasteiger partial charge in [0.2, 0.25) is 0 Å². The molecule has 0 aliphatic carbocycles. The zero-order valence-corrected chi connectivity index (χ0v) is 22.4. The number of hydrogen-bond donors (Lipinski definition) is 1. The minimum absolute atomic E-state index is 0.0326. The summed E-state index contributed by atoms with van der Waals surface area (Å²) >= 11 is 0. The lowest BCUT2D eigenvalue weighted by Crippen LogP contribution is -2.37. The van der Waals surface area contributed by atoms with Crippen molar-refractivity contribution in [2.45, 2.75) is 38.5 Å². The van der Waals surface area contributed by atoms with Gasteiger partial charge < -0.3 is 24.2 Å². The number of nitrogens with zero attached hydrogens (tertiary/aromatic N) is 1. The lowest BCUT2D eigenvalue weighted by Gasteiger charge is -2.22. The number of carboxylic acids is 1. The van der Waals surface area contributed by atoms with Crippen molar-refractivity contribution < 1.29 is 46.5 Å². The molecule has 3 rings (SSSR count). The van der Waals surface area contributed by atoms with E-state index in [0.717, 1.165) is 35.4 Å². The summed E-state index contributed by atoms with van der Waals surface area (Å²) in [4.78, 5) is 25.6. The van der Waals surface area contributed by atoms with Gasteiger partial charge in [0.15, 0.2) is 6.10 Å². The number of halogens is 4. The molecule has 41 heavy (non-hydrogen) atoms. The minimum Gasteiger partial charge on any atom is -0.492 e. The van der Waals surface area contributed by atoms with Gasteiger partial charge >= 0.3 is 18.2 Å². The molecule has 1 amide bonds. The molecule has 3 aromatic rings. The van der Waals surface area contributed by atoms with Crippen LogP contribution in [0.1, 0.15) is 30.0 Å². The van der Waals surface area contributed by atoms with Gasteiger partial charge in [-0.15, -0.1) is 0 Å². The van der Waals surface area contributed by atoms with Crippen LogP contribution in [-0.4, -0.2) is 54.5 Å². The molecule has 1 atom stereocenters. The van der Waals surface area contributed by atoms with Gasteiger partial charge in [-0.05, 0) is 79.4 Å². The molecule has 220 valence electrons. The molecule has 11 heteroatoms. The average Bonchev–Trinajstić information content (AvgIpc) is 2.93. The lowest BCUT2D eigenvalue weighted by molar-refractivity contribution is -0.150. The maximum absolute atomic E-state index is 13.2. The van der Waals surface area contributed by atoms with Crippen LogP contribution in [0.3, 0.4) is 0 Å². The lowest BCUT2D eigenvalue weighted by atomic mass is 10.1. The number of rotatable bonds is 14. The second-order valence-corrected chi connectivity index (χ2v) is 9.09. The first-order valence-electron chi connectivity index (χ1n) is 13.0. The monoisotopic (exact) mass is 577 g/mol. The number of carboxylic acid groups (broad SMARTS) is 1. The Hall–Kier alpha value is -4.12. The van der Waals surface area contributed by atoms with E-state index >= 15 is 0 Å². The van der Waals surface area contributed by atoms with Crippen molar-refractivity contribution in [1.82, 2.24) is 4.90 Å². The highest BCUT2D eigenvalue weighted by molar-refractivity contribution is 5.72. The van der Waals surface area contributed by atoms with Gasteiger partial charge in [-0.3, -0.25) is 0 Å². The van der Waals surface area contributed by atoms with Crippen LogP contribution in [0.4, 0.5) is 22.4 Å². The third kappa shape index (κ3) is 10.4. The summed E-state index contributed by atoms with van der Waals surface area (Å²) in [6.07, 6.45) is -4.93. The molecule has 0 saturated heterocycles. The van der Waals surface area contributed by atoms with Crippen molar-refractivity contribution in [2.24, 2.45) is 0 Å². The first kappa shape index (κ1) is 31.4. The van der Waals surface area contributed by atoms with E-state index < -0.39 is 29.9 Å². The molecular formula is C30H31F4NO6. The molecule has 0 heterocycles. The number of carbonyl (C=O) groups is 2. The van der Waals surface area contributed by atoms with Crippen molar-refractivity contribution in [2.75, 3.05) is 26.3 Å². The molecule has 1 unspecified atom stereocenters. The molecule has 3 aromatic carbocycles. The maximum Gasteiger partial charge on any atom is 0.416 e. The SMILES string of the molecule is CCOC(Cc1ccc(OCCN(CCCc2ccc(F)cc2)C(=O)Oc2ccc(C(F)(F)F)cc2)cc1)C(=O)O. The van der Waals surface area contributed by atoms with E-state index in [2.05, 4.69) is 0 Å². The quantitative estimate of drug-likeness (QED) is 0.224. The normalized spacial score (nSPS) is 12.0. The van der Waals surface area contributed by atoms with Crippen LogP contribution < -0.4 is 9.47 Å². The molecular weight excluding hydrogens is 546 g/mol. The van der Waals surface area contributed by atoms with Crippen molar-refractivity contribution in [3.63, 3.8) is 0 Å². The van der Waals surface area contributed by atoms with Crippen LogP contribution in [-0.2, 0) is 28.5 Å². The van der Waals surface area contributed by atoms with E-state index in [0.29, 0.717) is 18.6 Å². The van der Waals surface area contributed by atoms with Gasteiger partial charge in [-0.1, -0.05) is 24.3 Å². The molecule has 0 fully saturated rings. The standard InChI is InChI=1S/C30H31F4NO6/c1-2-39-27(28(36)37)20-22-7-13-25(14-8-22)40-19-18-35(17-3-4-21-5-11-24(31)12-6-21)29(38)41-26-15-9-23(10-16-26)30(32,33)34/h5-16,27H,2-4,17-20H2,1H3,(H,36,37). The predicted octanol–water partition coefficient (Wildman–Crippen LogP) is 6.39. The van der Waals surface area contributed by atoms with E-state index in [1.165, 1.54) is 17.0 Å². The Morgan fingerprint density at radius 3 is 2.07 bits per heavy atom. The minimum atomic E-state index is -4.51. The zero-order chi connectivity index (χ0) is 29.8. The smallest absolute Gasteiger partial charge is 0.416 e. The number of amides is 1. The van der Waals surface area contributed by atoms with Crippen molar-refractivity contribution >= 4 is 12.1 Å². The van der Waals surface area contributed by atoms with Gasteiger partial charge in [-0.2, -0.15) is 13.2 Å². The van der Waals surface area contributed by atoms with Crippen LogP contribution in [0.15, 0.2) is 72.8 Å². The first-order valence-corrected chi connectivity index (χ1v) is 13.0. The Morgan fingerprint density at radius 1 is 0.878 bits per heavy atom. The topological polar surface area (TPSA) is 85.3 Å². The summed E-state index contributed by atoms with van der Waals surface area (Å²) in [5, 5.41) is 9.26. The van der Waals surface area contributed by atoms with Crippen molar-refractivity contribution in [3.8, 4) is 11.5 Å². The Kier molecular flexibility index (Phi) is 11.5. The van der Waals surface area contributed by atoms with E-state index in [-0.39, 0.29) is 44.3 Å². The summed E-state index contributed by atoms with van der Waals surface area (Å²) in [7, 11) is 0. The first-order chi connectivity index (χ1) is 19.5. The fraction of sp³-hybridized carbons (Fsp3) is 0.333. The van der Waals surface area contributed by atoms with E-state index in [9.17, 15) is 32.3 Å². The largest absolute Gasteiger partial charge is 0.492 e. The van der Waals surface area contributed by atoms with Crippen molar-refractivity contribution in [3.05, 3.63) is 95.3 Å². The van der Waals surface area contributed by atoms with Crippen LogP contribution in [0, 0.1) is 5.82 Å². The summed E-state index contributed by atoms with van der Waals surface area (Å²) in [5.41, 5.74) is 0.776. The summed E-state index contributed by atoms with van der Waals surface area (Å²) in [6, 6.07) is 16.6. The molecule has 0 saturated carbocycles. The summed E-state index contributed by atoms with van der Waals surface area (Å²) < 4.78 is 68.0. The van der Waals surface area contributed by atoms with Gasteiger partial charge in [-0.25, -0.2) is 14.0 Å². The number of benzene rings is 3. The third-order valence-corrected chi connectivity index (χ3v) is 6.07. The Labute approximate surface area is 235 Å². The van der Waals surface area contributed by atoms with Crippen LogP contribution in [0.2, 0.25) is 0 Å². The van der Waals surface area contributed by atoms with Gasteiger partial charge in [0, 0.05) is 19.6 Å². The molecule has 0 radical (unpaired) electrons. The molecule has 0 aromatic heterocycles. The Balaban J connectivity index is 1.59. The number of alkyl halides is 3. The van der Waals surface area contributed by atoms with Crippen LogP contribution in [0.5, 0.6) is 11.5 Å². The summed E-state index contributed by atoms with van der Waals surface area (Å²) in [5.74, 6) is -0.930. The van der Waals surface area contributed by atoms with Gasteiger partial charge in [0.05, 0.1) is 12.1 Å². The molecule has 0 aliphatic rings. The second-order valence-electron chi connectivity index (χ2n) is 9.09. The fourth-order valence-corrected chi connectivity index (χ4v) is 3.93. The number of ether oxygens (including phenoxy) is 3. The molecule has 0 bridgehead atoms. The number of aliphatic carboxylic acids is 1. The highest BCUT2D eigenvalue weighted by atomic mass is 19.4. The van der Waals surface area contributed by atoms with Crippen LogP contribution in [0.25, 0.3) is 0 Å². The Bertz CT molecular complexity index is 1250. The van der Waals surface area contributed by atoms with E-state index in [1.54, 1.807) is 43.3 Å². The number of carbonyl (C=O) groups excluding carboxylic acids is 1. The molecule has 0 spiro atoms. The number of hydrogen-bond acceptors (Lipinski definition) is 5. The fourth-order valence-electron chi connectivity index (χ4n) is 3.93. The average molecular weight is 578 g/mol. The molecule has 7 nitrogen and oxygen atoms in total.